The molecule has 0 spiro atoms. The van der Waals surface area contributed by atoms with Gasteiger partial charge in [0.15, 0.2) is 6.29 Å². The van der Waals surface area contributed by atoms with Crippen LogP contribution in [0.4, 0.5) is 0 Å². The number of carbonyl (C=O) groups is 1. The van der Waals surface area contributed by atoms with Gasteiger partial charge in [0.2, 0.25) is 0 Å². The maximum absolute atomic E-state index is 11.8. The van der Waals surface area contributed by atoms with Crippen molar-refractivity contribution in [3.8, 4) is 0 Å². The number of ether oxygens (including phenoxy) is 4. The third-order valence-corrected chi connectivity index (χ3v) is 5.44. The average Bonchev–Trinajstić information content (AvgIpc) is 3.19. The Morgan fingerprint density at radius 2 is 1.12 bits per heavy atom. The van der Waals surface area contributed by atoms with Crippen molar-refractivity contribution in [1.82, 2.24) is 0 Å². The third-order valence-electron chi connectivity index (χ3n) is 5.44. The number of rotatable bonds is 11. The third kappa shape index (κ3) is 6.11. The summed E-state index contributed by atoms with van der Waals surface area (Å²) in [7, 11) is 0. The molecular weight excluding hydrogens is 404 g/mol. The Hall–Kier alpha value is -2.83. The predicted octanol–water partition coefficient (Wildman–Crippen LogP) is 4.34. The number of carbonyl (C=O) groups excluding carboxylic acids is 1. The molecule has 0 bridgehead atoms. The molecule has 0 unspecified atom stereocenters. The highest BCUT2D eigenvalue weighted by Crippen LogP contribution is 2.28. The van der Waals surface area contributed by atoms with Gasteiger partial charge in [-0.25, -0.2) is 0 Å². The molecule has 3 aromatic rings. The van der Waals surface area contributed by atoms with Crippen molar-refractivity contribution in [1.29, 1.82) is 0 Å². The summed E-state index contributed by atoms with van der Waals surface area (Å²) < 4.78 is 24.3. The maximum Gasteiger partial charge on any atom is 0.151 e. The van der Waals surface area contributed by atoms with E-state index in [1.807, 2.05) is 91.0 Å². The van der Waals surface area contributed by atoms with E-state index in [0.717, 1.165) is 23.0 Å². The Morgan fingerprint density at radius 1 is 0.656 bits per heavy atom. The molecule has 1 aliphatic rings. The van der Waals surface area contributed by atoms with Gasteiger partial charge in [0.05, 0.1) is 26.4 Å². The lowest BCUT2D eigenvalue weighted by molar-refractivity contribution is -0.124. The molecule has 0 aromatic heterocycles. The topological polar surface area (TPSA) is 54.0 Å². The highest BCUT2D eigenvalue weighted by atomic mass is 16.6. The lowest BCUT2D eigenvalue weighted by Gasteiger charge is -2.24. The molecule has 0 amide bonds. The predicted molar refractivity (Wildman–Crippen MR) is 121 cm³/mol. The molecule has 1 fully saturated rings. The summed E-state index contributed by atoms with van der Waals surface area (Å²) in [6.45, 7) is 1.56. The molecule has 32 heavy (non-hydrogen) atoms. The van der Waals surface area contributed by atoms with Crippen molar-refractivity contribution in [3.05, 3.63) is 108 Å². The monoisotopic (exact) mass is 432 g/mol. The van der Waals surface area contributed by atoms with E-state index in [0.29, 0.717) is 26.4 Å². The Kier molecular flexibility index (Phi) is 8.17. The van der Waals surface area contributed by atoms with Crippen LogP contribution < -0.4 is 0 Å². The molecule has 0 radical (unpaired) electrons. The van der Waals surface area contributed by atoms with Crippen LogP contribution in [0.2, 0.25) is 0 Å². The van der Waals surface area contributed by atoms with Crippen LogP contribution in [0.15, 0.2) is 91.0 Å². The lowest BCUT2D eigenvalue weighted by atomic mass is 10.1. The highest BCUT2D eigenvalue weighted by molar-refractivity contribution is 5.58. The van der Waals surface area contributed by atoms with Gasteiger partial charge in [-0.3, -0.25) is 0 Å². The zero-order valence-electron chi connectivity index (χ0n) is 17.9. The lowest BCUT2D eigenvalue weighted by Crippen LogP contribution is -2.39. The van der Waals surface area contributed by atoms with Gasteiger partial charge in [0, 0.05) is 0 Å². The summed E-state index contributed by atoms with van der Waals surface area (Å²) in [6, 6.07) is 29.8. The molecule has 0 saturated carbocycles. The van der Waals surface area contributed by atoms with Crippen LogP contribution in [0.3, 0.4) is 0 Å². The van der Waals surface area contributed by atoms with E-state index in [1.54, 1.807) is 0 Å². The van der Waals surface area contributed by atoms with Crippen molar-refractivity contribution in [2.45, 2.75) is 44.2 Å². The normalized spacial score (nSPS) is 22.6. The molecule has 1 aliphatic heterocycles. The van der Waals surface area contributed by atoms with Gasteiger partial charge in [-0.15, -0.1) is 0 Å². The number of hydrogen-bond donors (Lipinski definition) is 0. The SMILES string of the molecule is O=C[C@H]1O[C@H](COCc2ccccc2)[C@@H](OCc2ccccc2)[C@@H]1OCc1ccccc1. The Morgan fingerprint density at radius 3 is 1.62 bits per heavy atom. The largest absolute Gasteiger partial charge is 0.374 e. The van der Waals surface area contributed by atoms with Gasteiger partial charge in [-0.05, 0) is 16.7 Å². The first-order chi connectivity index (χ1) is 15.8. The van der Waals surface area contributed by atoms with E-state index in [2.05, 4.69) is 0 Å². The molecule has 1 heterocycles. The van der Waals surface area contributed by atoms with Crippen molar-refractivity contribution in [3.63, 3.8) is 0 Å². The molecular formula is C27H28O5. The minimum absolute atomic E-state index is 0.309. The van der Waals surface area contributed by atoms with E-state index >= 15 is 0 Å². The minimum atomic E-state index is -0.704. The quantitative estimate of drug-likeness (QED) is 0.422. The zero-order valence-corrected chi connectivity index (χ0v) is 17.9. The fourth-order valence-electron chi connectivity index (χ4n) is 3.79. The molecule has 4 atom stereocenters. The van der Waals surface area contributed by atoms with Crippen molar-refractivity contribution < 1.29 is 23.7 Å². The molecule has 5 nitrogen and oxygen atoms in total. The Bertz CT molecular complexity index is 932. The van der Waals surface area contributed by atoms with E-state index in [9.17, 15) is 4.79 Å². The molecule has 0 N–H and O–H groups in total. The van der Waals surface area contributed by atoms with Gasteiger partial charge in [-0.2, -0.15) is 0 Å². The standard InChI is InChI=1S/C27H28O5/c28-16-24-26(30-18-22-12-6-2-7-13-22)27(31-19-23-14-8-3-9-15-23)25(32-24)20-29-17-21-10-4-1-5-11-21/h1-16,24-27H,17-20H2/t24-,25-,26-,27-/m1/s1. The molecule has 1 saturated heterocycles. The van der Waals surface area contributed by atoms with E-state index in [1.165, 1.54) is 0 Å². The number of benzene rings is 3. The van der Waals surface area contributed by atoms with Crippen LogP contribution >= 0.6 is 0 Å². The molecule has 166 valence electrons. The zero-order chi connectivity index (χ0) is 22.0. The van der Waals surface area contributed by atoms with Gasteiger partial charge < -0.3 is 23.7 Å². The highest BCUT2D eigenvalue weighted by Gasteiger charge is 2.46. The van der Waals surface area contributed by atoms with E-state index in [4.69, 9.17) is 18.9 Å². The van der Waals surface area contributed by atoms with Crippen molar-refractivity contribution in [2.24, 2.45) is 0 Å². The molecule has 0 aliphatic carbocycles. The molecule has 4 rings (SSSR count). The first-order valence-electron chi connectivity index (χ1n) is 10.9. The molecule has 5 heteroatoms. The van der Waals surface area contributed by atoms with Crippen molar-refractivity contribution in [2.75, 3.05) is 6.61 Å². The fraction of sp³-hybridized carbons (Fsp3) is 0.296. The first-order valence-corrected chi connectivity index (χ1v) is 10.9. The Labute approximate surface area is 188 Å². The maximum atomic E-state index is 11.8. The number of hydrogen-bond acceptors (Lipinski definition) is 5. The number of aldehydes is 1. The van der Waals surface area contributed by atoms with Crippen LogP contribution in [0.1, 0.15) is 16.7 Å². The smallest absolute Gasteiger partial charge is 0.151 e. The second-order valence-electron chi connectivity index (χ2n) is 7.80. The van der Waals surface area contributed by atoms with Gasteiger partial charge >= 0.3 is 0 Å². The Balaban J connectivity index is 1.43. The van der Waals surface area contributed by atoms with Crippen LogP contribution in [0, 0.1) is 0 Å². The molecule has 3 aromatic carbocycles. The second-order valence-corrected chi connectivity index (χ2v) is 7.80. The summed E-state index contributed by atoms with van der Waals surface area (Å²) in [4.78, 5) is 11.8. The van der Waals surface area contributed by atoms with E-state index in [-0.39, 0.29) is 0 Å². The summed E-state index contributed by atoms with van der Waals surface area (Å²) in [5.74, 6) is 0. The average molecular weight is 433 g/mol. The first kappa shape index (κ1) is 22.4. The fourth-order valence-corrected chi connectivity index (χ4v) is 3.79. The van der Waals surface area contributed by atoms with Crippen LogP contribution in [-0.2, 0) is 43.6 Å². The minimum Gasteiger partial charge on any atom is -0.374 e. The van der Waals surface area contributed by atoms with E-state index < -0.39 is 24.4 Å². The van der Waals surface area contributed by atoms with Crippen molar-refractivity contribution >= 4 is 6.29 Å². The second kappa shape index (κ2) is 11.7. The van der Waals surface area contributed by atoms with Gasteiger partial charge in [-0.1, -0.05) is 91.0 Å². The van der Waals surface area contributed by atoms with Gasteiger partial charge in [0.1, 0.15) is 24.4 Å². The van der Waals surface area contributed by atoms with Crippen LogP contribution in [0.5, 0.6) is 0 Å². The van der Waals surface area contributed by atoms with Crippen LogP contribution in [-0.4, -0.2) is 37.3 Å². The summed E-state index contributed by atoms with van der Waals surface area (Å²) in [5, 5.41) is 0. The summed E-state index contributed by atoms with van der Waals surface area (Å²) in [5.41, 5.74) is 3.16. The van der Waals surface area contributed by atoms with Gasteiger partial charge in [0.25, 0.3) is 0 Å². The summed E-state index contributed by atoms with van der Waals surface area (Å²) in [6.07, 6.45) is -1.25. The summed E-state index contributed by atoms with van der Waals surface area (Å²) >= 11 is 0. The van der Waals surface area contributed by atoms with Crippen LogP contribution in [0.25, 0.3) is 0 Å².